The summed E-state index contributed by atoms with van der Waals surface area (Å²) >= 11 is 0. The van der Waals surface area contributed by atoms with Crippen LogP contribution in [0, 0.1) is 5.82 Å². The fourth-order valence-corrected chi connectivity index (χ4v) is 2.82. The summed E-state index contributed by atoms with van der Waals surface area (Å²) < 4.78 is 18.8. The van der Waals surface area contributed by atoms with Gasteiger partial charge in [0.05, 0.1) is 17.7 Å². The molecule has 2 rings (SSSR count). The number of Topliss-reactive ketones (excluding diaryl/α,β-unsaturated/α-hetero) is 1. The van der Waals surface area contributed by atoms with Crippen molar-refractivity contribution < 1.29 is 13.9 Å². The average Bonchev–Trinajstić information content (AvgIpc) is 2.35. The fraction of sp³-hybridized carbons (Fsp3) is 0.562. The Morgan fingerprint density at radius 1 is 1.40 bits per heavy atom. The number of ether oxygens (including phenoxy) is 1. The van der Waals surface area contributed by atoms with Crippen molar-refractivity contribution in [2.24, 2.45) is 0 Å². The summed E-state index contributed by atoms with van der Waals surface area (Å²) in [4.78, 5) is 14.6. The molecule has 0 amide bonds. The van der Waals surface area contributed by atoms with Crippen LogP contribution in [0.25, 0.3) is 0 Å². The molecule has 1 saturated heterocycles. The zero-order chi connectivity index (χ0) is 14.9. The highest BCUT2D eigenvalue weighted by Gasteiger charge is 2.35. The van der Waals surface area contributed by atoms with Gasteiger partial charge in [-0.25, -0.2) is 4.39 Å². The third-order valence-corrected chi connectivity index (χ3v) is 3.65. The summed E-state index contributed by atoms with van der Waals surface area (Å²) in [5.74, 6) is -0.301. The van der Waals surface area contributed by atoms with Crippen LogP contribution in [0.3, 0.4) is 0 Å². The van der Waals surface area contributed by atoms with Crippen LogP contribution in [-0.4, -0.2) is 41.5 Å². The van der Waals surface area contributed by atoms with E-state index in [2.05, 4.69) is 4.90 Å². The molecular formula is C16H22FNO2. The van der Waals surface area contributed by atoms with E-state index in [1.807, 2.05) is 27.7 Å². The lowest BCUT2D eigenvalue weighted by atomic mass is 9.99. The normalized spacial score (nSPS) is 24.4. The molecule has 1 aliphatic heterocycles. The number of carbonyl (C=O) groups excluding carboxylic acids is 1. The molecule has 4 heteroatoms. The Kier molecular flexibility index (Phi) is 4.25. The maximum Gasteiger partial charge on any atom is 0.179 e. The van der Waals surface area contributed by atoms with Crippen molar-refractivity contribution in [2.45, 2.75) is 45.4 Å². The van der Waals surface area contributed by atoms with Crippen molar-refractivity contribution in [3.05, 3.63) is 35.6 Å². The van der Waals surface area contributed by atoms with E-state index < -0.39 is 0 Å². The van der Waals surface area contributed by atoms with Gasteiger partial charge in [0.25, 0.3) is 0 Å². The third-order valence-electron chi connectivity index (χ3n) is 3.65. The van der Waals surface area contributed by atoms with Crippen LogP contribution < -0.4 is 0 Å². The SMILES string of the molecule is CC1CN(C(C)C(=O)c2ccc(F)cc2)CC(C)(C)O1. The molecule has 2 atom stereocenters. The molecule has 0 spiro atoms. The van der Waals surface area contributed by atoms with Crippen LogP contribution in [0.1, 0.15) is 38.1 Å². The summed E-state index contributed by atoms with van der Waals surface area (Å²) in [6.45, 7) is 9.43. The van der Waals surface area contributed by atoms with Gasteiger partial charge < -0.3 is 4.74 Å². The molecule has 0 bridgehead atoms. The van der Waals surface area contributed by atoms with Crippen molar-refractivity contribution >= 4 is 5.78 Å². The number of rotatable bonds is 3. The lowest BCUT2D eigenvalue weighted by Crippen LogP contribution is -2.56. The molecule has 20 heavy (non-hydrogen) atoms. The van der Waals surface area contributed by atoms with Gasteiger partial charge >= 0.3 is 0 Å². The summed E-state index contributed by atoms with van der Waals surface area (Å²) in [5, 5.41) is 0. The highest BCUT2D eigenvalue weighted by molar-refractivity contribution is 5.99. The van der Waals surface area contributed by atoms with Gasteiger partial charge in [-0.2, -0.15) is 0 Å². The smallest absolute Gasteiger partial charge is 0.179 e. The number of ketones is 1. The van der Waals surface area contributed by atoms with Crippen molar-refractivity contribution in [3.63, 3.8) is 0 Å². The predicted octanol–water partition coefficient (Wildman–Crippen LogP) is 2.90. The minimum Gasteiger partial charge on any atom is -0.370 e. The second-order valence-corrected chi connectivity index (χ2v) is 6.16. The summed E-state index contributed by atoms with van der Waals surface area (Å²) in [7, 11) is 0. The number of morpholine rings is 1. The van der Waals surface area contributed by atoms with E-state index in [1.54, 1.807) is 12.1 Å². The topological polar surface area (TPSA) is 29.5 Å². The largest absolute Gasteiger partial charge is 0.370 e. The van der Waals surface area contributed by atoms with Gasteiger partial charge in [-0.05, 0) is 52.0 Å². The third kappa shape index (κ3) is 3.44. The highest BCUT2D eigenvalue weighted by atomic mass is 19.1. The predicted molar refractivity (Wildman–Crippen MR) is 76.4 cm³/mol. The molecule has 0 saturated carbocycles. The molecule has 3 nitrogen and oxygen atoms in total. The maximum absolute atomic E-state index is 12.9. The fourth-order valence-electron chi connectivity index (χ4n) is 2.82. The summed E-state index contributed by atoms with van der Waals surface area (Å²) in [6.07, 6.45) is 0.0993. The van der Waals surface area contributed by atoms with Gasteiger partial charge in [0.2, 0.25) is 0 Å². The first-order valence-electron chi connectivity index (χ1n) is 7.00. The number of nitrogens with zero attached hydrogens (tertiary/aromatic N) is 1. The van der Waals surface area contributed by atoms with Gasteiger partial charge in [-0.1, -0.05) is 0 Å². The minimum atomic E-state index is -0.324. The van der Waals surface area contributed by atoms with E-state index in [0.29, 0.717) is 12.1 Å². The molecule has 1 heterocycles. The Morgan fingerprint density at radius 3 is 2.55 bits per heavy atom. The van der Waals surface area contributed by atoms with Crippen LogP contribution in [0.5, 0.6) is 0 Å². The lowest BCUT2D eigenvalue weighted by molar-refractivity contribution is -0.133. The van der Waals surface area contributed by atoms with Crippen LogP contribution in [0.2, 0.25) is 0 Å². The Balaban J connectivity index is 2.12. The van der Waals surface area contributed by atoms with Crippen LogP contribution in [0.15, 0.2) is 24.3 Å². The monoisotopic (exact) mass is 279 g/mol. The number of carbonyl (C=O) groups is 1. The van der Waals surface area contributed by atoms with Crippen molar-refractivity contribution in [1.29, 1.82) is 0 Å². The number of hydrogen-bond donors (Lipinski definition) is 0. The molecule has 0 aromatic heterocycles. The molecule has 1 aromatic carbocycles. The molecule has 0 aliphatic carbocycles. The van der Waals surface area contributed by atoms with Crippen molar-refractivity contribution in [3.8, 4) is 0 Å². The maximum atomic E-state index is 12.9. The van der Waals surface area contributed by atoms with E-state index >= 15 is 0 Å². The van der Waals surface area contributed by atoms with Crippen LogP contribution in [-0.2, 0) is 4.74 Å². The van der Waals surface area contributed by atoms with E-state index in [9.17, 15) is 9.18 Å². The Morgan fingerprint density at radius 2 is 2.00 bits per heavy atom. The first-order chi connectivity index (χ1) is 9.28. The van der Waals surface area contributed by atoms with E-state index in [0.717, 1.165) is 6.54 Å². The number of hydrogen-bond acceptors (Lipinski definition) is 3. The van der Waals surface area contributed by atoms with E-state index in [4.69, 9.17) is 4.74 Å². The second-order valence-electron chi connectivity index (χ2n) is 6.16. The zero-order valence-electron chi connectivity index (χ0n) is 12.5. The molecule has 110 valence electrons. The van der Waals surface area contributed by atoms with Gasteiger partial charge in [-0.3, -0.25) is 9.69 Å². The molecule has 1 fully saturated rings. The van der Waals surface area contributed by atoms with Crippen molar-refractivity contribution in [1.82, 2.24) is 4.90 Å². The second kappa shape index (κ2) is 5.62. The van der Waals surface area contributed by atoms with Gasteiger partial charge in [-0.15, -0.1) is 0 Å². The van der Waals surface area contributed by atoms with Gasteiger partial charge in [0.1, 0.15) is 5.82 Å². The number of halogens is 1. The quantitative estimate of drug-likeness (QED) is 0.797. The summed E-state index contributed by atoms with van der Waals surface area (Å²) in [5.41, 5.74) is 0.297. The first kappa shape index (κ1) is 15.1. The van der Waals surface area contributed by atoms with Crippen LogP contribution >= 0.6 is 0 Å². The Bertz CT molecular complexity index is 484. The van der Waals surface area contributed by atoms with Crippen molar-refractivity contribution in [2.75, 3.05) is 13.1 Å². The van der Waals surface area contributed by atoms with E-state index in [1.165, 1.54) is 12.1 Å². The van der Waals surface area contributed by atoms with Gasteiger partial charge in [0.15, 0.2) is 5.78 Å². The Hall–Kier alpha value is -1.26. The van der Waals surface area contributed by atoms with E-state index in [-0.39, 0.29) is 29.3 Å². The molecule has 1 aliphatic rings. The Labute approximate surface area is 119 Å². The number of benzene rings is 1. The first-order valence-corrected chi connectivity index (χ1v) is 7.00. The molecule has 2 unspecified atom stereocenters. The molecule has 0 N–H and O–H groups in total. The standard InChI is InChI=1S/C16H22FNO2/c1-11-9-18(10-16(3,4)20-11)12(2)15(19)13-5-7-14(17)8-6-13/h5-8,11-12H,9-10H2,1-4H3. The van der Waals surface area contributed by atoms with Crippen LogP contribution in [0.4, 0.5) is 4.39 Å². The molecular weight excluding hydrogens is 257 g/mol. The molecule has 0 radical (unpaired) electrons. The minimum absolute atomic E-state index is 0.0231. The average molecular weight is 279 g/mol. The summed E-state index contributed by atoms with van der Waals surface area (Å²) in [6, 6.07) is 5.51. The zero-order valence-corrected chi connectivity index (χ0v) is 12.5. The lowest BCUT2D eigenvalue weighted by Gasteiger charge is -2.43. The highest BCUT2D eigenvalue weighted by Crippen LogP contribution is 2.23. The van der Waals surface area contributed by atoms with Gasteiger partial charge in [0, 0.05) is 18.7 Å². The molecule has 1 aromatic rings.